The van der Waals surface area contributed by atoms with Crippen LogP contribution >= 0.6 is 0 Å². The van der Waals surface area contributed by atoms with Crippen molar-refractivity contribution in [3.63, 3.8) is 0 Å². The van der Waals surface area contributed by atoms with Gasteiger partial charge in [0.15, 0.2) is 6.10 Å². The number of aliphatic hydroxyl groups excluding tert-OH is 1. The summed E-state index contributed by atoms with van der Waals surface area (Å²) in [5.41, 5.74) is 0.418. The van der Waals surface area contributed by atoms with Crippen molar-refractivity contribution in [2.45, 2.75) is 38.3 Å². The molecule has 1 saturated heterocycles. The van der Waals surface area contributed by atoms with Crippen LogP contribution in [0.5, 0.6) is 0 Å². The Morgan fingerprint density at radius 3 is 2.53 bits per heavy atom. The minimum Gasteiger partial charge on any atom is -0.452 e. The summed E-state index contributed by atoms with van der Waals surface area (Å²) in [6, 6.07) is 0. The summed E-state index contributed by atoms with van der Waals surface area (Å²) in [7, 11) is 0. The molecule has 2 aliphatic rings. The number of carbonyl (C=O) groups excluding carboxylic acids is 1. The van der Waals surface area contributed by atoms with E-state index in [1.807, 2.05) is 26.0 Å². The molecule has 4 atom stereocenters. The van der Waals surface area contributed by atoms with Crippen LogP contribution in [0.25, 0.3) is 0 Å². The third kappa shape index (κ3) is 2.18. The highest BCUT2D eigenvalue weighted by Gasteiger charge is 2.44. The maximum atomic E-state index is 11.6. The second-order valence-electron chi connectivity index (χ2n) is 4.06. The van der Waals surface area contributed by atoms with Gasteiger partial charge in [-0.05, 0) is 26.0 Å². The minimum absolute atomic E-state index is 0.390. The smallest absolute Gasteiger partial charge is 0.337 e. The van der Waals surface area contributed by atoms with Crippen molar-refractivity contribution in [1.29, 1.82) is 0 Å². The molecule has 4 unspecified atom stereocenters. The van der Waals surface area contributed by atoms with Gasteiger partial charge in [-0.15, -0.1) is 0 Å². The molecule has 0 aromatic carbocycles. The van der Waals surface area contributed by atoms with Gasteiger partial charge in [-0.25, -0.2) is 4.79 Å². The predicted molar refractivity (Wildman–Crippen MR) is 62.3 cm³/mol. The van der Waals surface area contributed by atoms with Crippen LogP contribution in [0.1, 0.15) is 13.8 Å². The molecule has 1 fully saturated rings. The fourth-order valence-electron chi connectivity index (χ4n) is 2.07. The van der Waals surface area contributed by atoms with Crippen molar-refractivity contribution >= 4 is 5.97 Å². The molecular formula is C13H16O4. The minimum atomic E-state index is -0.797. The molecular weight excluding hydrogens is 220 g/mol. The number of ether oxygens (including phenoxy) is 2. The molecule has 0 saturated carbocycles. The molecule has 17 heavy (non-hydrogen) atoms. The quantitative estimate of drug-likeness (QED) is 0.576. The van der Waals surface area contributed by atoms with Crippen molar-refractivity contribution in [2.75, 3.05) is 0 Å². The SMILES string of the molecule is CC=CC1OC2C(=CC1O)C(=O)OC2C=CC. The molecule has 4 heteroatoms. The van der Waals surface area contributed by atoms with Crippen molar-refractivity contribution in [1.82, 2.24) is 0 Å². The molecule has 92 valence electrons. The average Bonchev–Trinajstić information content (AvgIpc) is 2.58. The lowest BCUT2D eigenvalue weighted by atomic mass is 9.99. The van der Waals surface area contributed by atoms with E-state index in [0.717, 1.165) is 0 Å². The molecule has 1 N–H and O–H groups in total. The summed E-state index contributed by atoms with van der Waals surface area (Å²) < 4.78 is 10.9. The van der Waals surface area contributed by atoms with Gasteiger partial charge in [0, 0.05) is 0 Å². The standard InChI is InChI=1S/C13H16O4/c1-3-5-10-9(14)7-8-12(16-10)11(6-4-2)17-13(8)15/h3-7,9-12,14H,1-2H3. The lowest BCUT2D eigenvalue weighted by molar-refractivity contribution is -0.138. The number of allylic oxidation sites excluding steroid dienone is 2. The molecule has 0 aromatic rings. The summed E-state index contributed by atoms with van der Waals surface area (Å²) in [4.78, 5) is 11.6. The highest BCUT2D eigenvalue weighted by Crippen LogP contribution is 2.31. The van der Waals surface area contributed by atoms with Crippen LogP contribution < -0.4 is 0 Å². The van der Waals surface area contributed by atoms with E-state index in [9.17, 15) is 9.90 Å². The van der Waals surface area contributed by atoms with Gasteiger partial charge in [0.25, 0.3) is 0 Å². The highest BCUT2D eigenvalue weighted by molar-refractivity contribution is 5.92. The number of aliphatic hydroxyl groups is 1. The summed E-state index contributed by atoms with van der Waals surface area (Å²) in [6.07, 6.45) is 6.70. The number of hydrogen-bond donors (Lipinski definition) is 1. The number of carbonyl (C=O) groups is 1. The molecule has 2 rings (SSSR count). The Kier molecular flexibility index (Phi) is 3.45. The number of rotatable bonds is 2. The van der Waals surface area contributed by atoms with E-state index in [0.29, 0.717) is 5.57 Å². The van der Waals surface area contributed by atoms with E-state index < -0.39 is 24.3 Å². The Bertz CT molecular complexity index is 394. The van der Waals surface area contributed by atoms with Crippen LogP contribution in [0, 0.1) is 0 Å². The number of fused-ring (bicyclic) bond motifs is 1. The predicted octanol–water partition coefficient (Wildman–Crippen LogP) is 1.12. The zero-order valence-electron chi connectivity index (χ0n) is 9.87. The van der Waals surface area contributed by atoms with Gasteiger partial charge >= 0.3 is 5.97 Å². The van der Waals surface area contributed by atoms with Crippen molar-refractivity contribution in [2.24, 2.45) is 0 Å². The van der Waals surface area contributed by atoms with E-state index in [1.165, 1.54) is 6.08 Å². The first-order valence-electron chi connectivity index (χ1n) is 5.69. The van der Waals surface area contributed by atoms with Gasteiger partial charge in [-0.3, -0.25) is 0 Å². The zero-order chi connectivity index (χ0) is 12.4. The number of hydrogen-bond acceptors (Lipinski definition) is 4. The highest BCUT2D eigenvalue weighted by atomic mass is 16.6. The second kappa shape index (κ2) is 4.85. The maximum Gasteiger partial charge on any atom is 0.337 e. The Morgan fingerprint density at radius 2 is 1.88 bits per heavy atom. The molecule has 0 aliphatic carbocycles. The lowest BCUT2D eigenvalue weighted by Crippen LogP contribution is -2.39. The third-order valence-corrected chi connectivity index (χ3v) is 2.84. The molecule has 2 heterocycles. The number of esters is 1. The van der Waals surface area contributed by atoms with E-state index in [4.69, 9.17) is 9.47 Å². The largest absolute Gasteiger partial charge is 0.452 e. The molecule has 0 amide bonds. The van der Waals surface area contributed by atoms with Gasteiger partial charge in [0.2, 0.25) is 0 Å². The van der Waals surface area contributed by atoms with Gasteiger partial charge in [0.05, 0.1) is 5.57 Å². The molecule has 2 aliphatic heterocycles. The third-order valence-electron chi connectivity index (χ3n) is 2.84. The topological polar surface area (TPSA) is 55.8 Å². The molecule has 0 radical (unpaired) electrons. The van der Waals surface area contributed by atoms with Crippen LogP contribution in [0.2, 0.25) is 0 Å². The summed E-state index contributed by atoms with van der Waals surface area (Å²) in [6.45, 7) is 3.71. The fourth-order valence-corrected chi connectivity index (χ4v) is 2.07. The Hall–Kier alpha value is -1.39. The van der Waals surface area contributed by atoms with Gasteiger partial charge < -0.3 is 14.6 Å². The molecule has 4 nitrogen and oxygen atoms in total. The van der Waals surface area contributed by atoms with E-state index in [1.54, 1.807) is 12.2 Å². The Labute approximate surface area is 100 Å². The van der Waals surface area contributed by atoms with E-state index in [2.05, 4.69) is 0 Å². The van der Waals surface area contributed by atoms with Crippen LogP contribution in [0.3, 0.4) is 0 Å². The first-order chi connectivity index (χ1) is 8.17. The zero-order valence-corrected chi connectivity index (χ0v) is 9.87. The first kappa shape index (κ1) is 12.1. The lowest BCUT2D eigenvalue weighted by Gasteiger charge is -2.28. The van der Waals surface area contributed by atoms with Gasteiger partial charge in [-0.1, -0.05) is 18.2 Å². The molecule has 0 spiro atoms. The van der Waals surface area contributed by atoms with E-state index >= 15 is 0 Å². The van der Waals surface area contributed by atoms with Crippen LogP contribution in [-0.4, -0.2) is 35.5 Å². The van der Waals surface area contributed by atoms with Gasteiger partial charge in [0.1, 0.15) is 18.3 Å². The summed E-state index contributed by atoms with van der Waals surface area (Å²) >= 11 is 0. The fraction of sp³-hybridized carbons (Fsp3) is 0.462. The van der Waals surface area contributed by atoms with Crippen molar-refractivity contribution in [3.8, 4) is 0 Å². The average molecular weight is 236 g/mol. The van der Waals surface area contributed by atoms with E-state index in [-0.39, 0.29) is 6.10 Å². The van der Waals surface area contributed by atoms with Crippen molar-refractivity contribution in [3.05, 3.63) is 36.0 Å². The number of cyclic esters (lactones) is 1. The normalized spacial score (nSPS) is 37.4. The Balaban J connectivity index is 2.27. The first-order valence-corrected chi connectivity index (χ1v) is 5.69. The maximum absolute atomic E-state index is 11.6. The van der Waals surface area contributed by atoms with Crippen LogP contribution in [-0.2, 0) is 14.3 Å². The van der Waals surface area contributed by atoms with Crippen LogP contribution in [0.15, 0.2) is 36.0 Å². The van der Waals surface area contributed by atoms with Crippen molar-refractivity contribution < 1.29 is 19.4 Å². The second-order valence-corrected chi connectivity index (χ2v) is 4.06. The van der Waals surface area contributed by atoms with Gasteiger partial charge in [-0.2, -0.15) is 0 Å². The summed E-state index contributed by atoms with van der Waals surface area (Å²) in [5.74, 6) is -0.406. The monoisotopic (exact) mass is 236 g/mol. The Morgan fingerprint density at radius 1 is 1.24 bits per heavy atom. The van der Waals surface area contributed by atoms with Crippen LogP contribution in [0.4, 0.5) is 0 Å². The summed E-state index contributed by atoms with van der Waals surface area (Å²) in [5, 5.41) is 9.80. The molecule has 0 bridgehead atoms. The molecule has 0 aromatic heterocycles.